The summed E-state index contributed by atoms with van der Waals surface area (Å²) in [5, 5.41) is 0. The Bertz CT molecular complexity index is 1800. The van der Waals surface area contributed by atoms with Gasteiger partial charge in [-0.05, 0) is 133 Å². The second kappa shape index (κ2) is 18.1. The van der Waals surface area contributed by atoms with Gasteiger partial charge in [0.25, 0.3) is 0 Å². The molecule has 0 spiro atoms. The van der Waals surface area contributed by atoms with Crippen LogP contribution in [-0.2, 0) is 41.9 Å². The summed E-state index contributed by atoms with van der Waals surface area (Å²) in [5.41, 5.74) is 9.25. The first-order valence-corrected chi connectivity index (χ1v) is 20.2. The minimum absolute atomic E-state index is 0.0626. The summed E-state index contributed by atoms with van der Waals surface area (Å²) in [7, 11) is -3.70. The quantitative estimate of drug-likeness (QED) is 0.162. The minimum Gasteiger partial charge on any atom is -0.482 e. The average Bonchev–Trinajstić information content (AvgIpc) is 3.37. The van der Waals surface area contributed by atoms with Crippen LogP contribution < -0.4 is 19.9 Å². The maximum atomic E-state index is 13.0. The van der Waals surface area contributed by atoms with Gasteiger partial charge in [-0.15, -0.1) is 0 Å². The van der Waals surface area contributed by atoms with Gasteiger partial charge in [0, 0.05) is 16.6 Å². The Morgan fingerprint density at radius 3 is 1.79 bits per heavy atom. The van der Waals surface area contributed by atoms with E-state index in [1.165, 1.54) is 0 Å². The zero-order valence-corrected chi connectivity index (χ0v) is 33.5. The predicted octanol–water partition coefficient (Wildman–Crippen LogP) is 8.05. The van der Waals surface area contributed by atoms with Crippen molar-refractivity contribution in [2.75, 3.05) is 13.2 Å². The average molecular weight is 802 g/mol. The largest absolute Gasteiger partial charge is 0.482 e. The Kier molecular flexibility index (Phi) is 14.3. The lowest BCUT2D eigenvalue weighted by Gasteiger charge is -2.22. The molecule has 0 heterocycles. The molecular weight excluding hydrogens is 748 g/mol. The van der Waals surface area contributed by atoms with E-state index in [2.05, 4.69) is 26.7 Å². The molecule has 0 saturated carbocycles. The Morgan fingerprint density at radius 2 is 1.25 bits per heavy atom. The summed E-state index contributed by atoms with van der Waals surface area (Å²) in [6, 6.07) is 17.8. The molecule has 2 atom stereocenters. The topological polar surface area (TPSA) is 143 Å². The summed E-state index contributed by atoms with van der Waals surface area (Å²) in [5.74, 6) is 0.566. The smallest absolute Gasteiger partial charge is 0.344 e. The molecule has 3 aromatic carbocycles. The van der Waals surface area contributed by atoms with Gasteiger partial charge >= 0.3 is 11.9 Å². The molecule has 0 aromatic heterocycles. The first kappa shape index (κ1) is 41.3. The number of sulfonamides is 1. The van der Waals surface area contributed by atoms with Crippen LogP contribution in [0.3, 0.4) is 0 Å². The van der Waals surface area contributed by atoms with Gasteiger partial charge in [0.1, 0.15) is 22.7 Å². The normalized spacial score (nSPS) is 17.5. The highest BCUT2D eigenvalue weighted by atomic mass is 79.9. The highest BCUT2D eigenvalue weighted by molar-refractivity contribution is 9.10. The van der Waals surface area contributed by atoms with Crippen LogP contribution in [0.15, 0.2) is 70.0 Å². The van der Waals surface area contributed by atoms with Crippen molar-refractivity contribution in [3.8, 4) is 11.5 Å². The standard InChI is InChI=1S/C23H28BrNO5S.C17H25NO3/c1-23(2,3)30-22(26)15-29-21-13-7-11-18-19(21)10-4-5-12-20(18)25-31(27,28)17-9-6-8-16(24)14-17;1-17(2,3)21-16(19)11-20-15-10-6-8-12-13(15)7-4-5-9-14(12)18/h6-9,11,13-14,20,25H,4-5,10,12,15H2,1-3H3;6,8,10,14H,4-5,7,9,11,18H2,1-3H3. The number of carbonyl (C=O) groups excluding carboxylic acids is 2. The Hall–Kier alpha value is -3.45. The molecule has 0 bridgehead atoms. The van der Waals surface area contributed by atoms with Crippen LogP contribution in [0.1, 0.15) is 114 Å². The third-order valence-electron chi connectivity index (χ3n) is 8.41. The van der Waals surface area contributed by atoms with Crippen molar-refractivity contribution in [2.45, 2.75) is 121 Å². The van der Waals surface area contributed by atoms with Crippen molar-refractivity contribution in [1.29, 1.82) is 0 Å². The minimum atomic E-state index is -3.70. The monoisotopic (exact) mass is 800 g/mol. The highest BCUT2D eigenvalue weighted by Crippen LogP contribution is 2.36. The van der Waals surface area contributed by atoms with Gasteiger partial charge in [0.05, 0.1) is 4.90 Å². The van der Waals surface area contributed by atoms with Crippen molar-refractivity contribution in [3.63, 3.8) is 0 Å². The van der Waals surface area contributed by atoms with E-state index in [0.29, 0.717) is 16.6 Å². The van der Waals surface area contributed by atoms with Gasteiger partial charge in [-0.3, -0.25) is 0 Å². The van der Waals surface area contributed by atoms with Crippen molar-refractivity contribution < 1.29 is 37.0 Å². The second-order valence-electron chi connectivity index (χ2n) is 15.1. The molecule has 3 aromatic rings. The van der Waals surface area contributed by atoms with Crippen LogP contribution >= 0.6 is 15.9 Å². The number of esters is 2. The Labute approximate surface area is 317 Å². The molecule has 0 saturated heterocycles. The van der Waals surface area contributed by atoms with E-state index in [-0.39, 0.29) is 36.2 Å². The summed E-state index contributed by atoms with van der Waals surface area (Å²) < 4.78 is 51.6. The van der Waals surface area contributed by atoms with E-state index in [1.807, 2.05) is 51.1 Å². The number of hydrogen-bond donors (Lipinski definition) is 2. The molecule has 0 radical (unpaired) electrons. The maximum absolute atomic E-state index is 13.0. The number of nitrogens with one attached hydrogen (secondary N) is 1. The van der Waals surface area contributed by atoms with Crippen LogP contribution in [0, 0.1) is 0 Å². The van der Waals surface area contributed by atoms with E-state index >= 15 is 0 Å². The molecule has 2 aliphatic rings. The van der Waals surface area contributed by atoms with E-state index in [4.69, 9.17) is 24.7 Å². The number of fused-ring (bicyclic) bond motifs is 2. The first-order chi connectivity index (χ1) is 24.4. The van der Waals surface area contributed by atoms with Crippen molar-refractivity contribution in [1.82, 2.24) is 4.72 Å². The number of rotatable bonds is 9. The van der Waals surface area contributed by atoms with Crippen LogP contribution in [0.25, 0.3) is 0 Å². The molecule has 0 amide bonds. The maximum Gasteiger partial charge on any atom is 0.344 e. The fourth-order valence-electron chi connectivity index (χ4n) is 6.30. The van der Waals surface area contributed by atoms with Gasteiger partial charge in [-0.1, -0.05) is 59.1 Å². The fourth-order valence-corrected chi connectivity index (χ4v) is 8.15. The molecule has 10 nitrogen and oxygen atoms in total. The Balaban J connectivity index is 0.000000251. The van der Waals surface area contributed by atoms with E-state index in [9.17, 15) is 18.0 Å². The second-order valence-corrected chi connectivity index (χ2v) is 17.8. The van der Waals surface area contributed by atoms with Gasteiger partial charge < -0.3 is 24.7 Å². The van der Waals surface area contributed by atoms with Crippen LogP contribution in [0.4, 0.5) is 0 Å². The van der Waals surface area contributed by atoms with E-state index < -0.39 is 27.2 Å². The lowest BCUT2D eigenvalue weighted by atomic mass is 9.99. The molecule has 0 aliphatic heterocycles. The van der Waals surface area contributed by atoms with Gasteiger partial charge in [0.2, 0.25) is 10.0 Å². The lowest BCUT2D eigenvalue weighted by molar-refractivity contribution is -0.158. The predicted molar refractivity (Wildman–Crippen MR) is 205 cm³/mol. The fraction of sp³-hybridized carbons (Fsp3) is 0.500. The molecule has 3 N–H and O–H groups in total. The number of nitrogens with two attached hydrogens (primary N) is 1. The number of hydrogen-bond acceptors (Lipinski definition) is 9. The molecule has 2 unspecified atom stereocenters. The molecular formula is C40H53BrN2O8S. The van der Waals surface area contributed by atoms with Crippen molar-refractivity contribution in [3.05, 3.63) is 87.4 Å². The summed E-state index contributed by atoms with van der Waals surface area (Å²) in [6.45, 7) is 10.7. The van der Waals surface area contributed by atoms with Crippen LogP contribution in [-0.4, -0.2) is 44.8 Å². The Morgan fingerprint density at radius 1 is 0.750 bits per heavy atom. The molecule has 284 valence electrons. The number of carbonyl (C=O) groups is 2. The summed E-state index contributed by atoms with van der Waals surface area (Å²) >= 11 is 3.33. The molecule has 0 fully saturated rings. The van der Waals surface area contributed by atoms with Crippen LogP contribution in [0.5, 0.6) is 11.5 Å². The zero-order valence-electron chi connectivity index (χ0n) is 31.1. The number of benzene rings is 3. The molecule has 12 heteroatoms. The summed E-state index contributed by atoms with van der Waals surface area (Å²) in [4.78, 5) is 24.0. The highest BCUT2D eigenvalue weighted by Gasteiger charge is 2.27. The SMILES string of the molecule is CC(C)(C)OC(=O)COc1cccc2c1CCCCC2N.CC(C)(C)OC(=O)COc1cccc2c1CCCCC2NS(=O)(=O)c1cccc(Br)c1. The van der Waals surface area contributed by atoms with Crippen molar-refractivity contribution in [2.24, 2.45) is 5.73 Å². The van der Waals surface area contributed by atoms with E-state index in [1.54, 1.807) is 45.0 Å². The summed E-state index contributed by atoms with van der Waals surface area (Å²) in [6.07, 6.45) is 7.43. The van der Waals surface area contributed by atoms with Gasteiger partial charge in [0.15, 0.2) is 13.2 Å². The number of ether oxygens (including phenoxy) is 4. The molecule has 5 rings (SSSR count). The third kappa shape index (κ3) is 12.6. The van der Waals surface area contributed by atoms with E-state index in [0.717, 1.165) is 72.9 Å². The van der Waals surface area contributed by atoms with Gasteiger partial charge in [-0.25, -0.2) is 22.7 Å². The molecule has 2 aliphatic carbocycles. The lowest BCUT2D eigenvalue weighted by Crippen LogP contribution is -2.29. The molecule has 52 heavy (non-hydrogen) atoms. The number of halogens is 1. The first-order valence-electron chi connectivity index (χ1n) is 17.9. The van der Waals surface area contributed by atoms with Crippen molar-refractivity contribution >= 4 is 37.9 Å². The zero-order chi connectivity index (χ0) is 38.1. The third-order valence-corrected chi connectivity index (χ3v) is 10.4. The van der Waals surface area contributed by atoms with Gasteiger partial charge in [-0.2, -0.15) is 0 Å². The van der Waals surface area contributed by atoms with Crippen LogP contribution in [0.2, 0.25) is 0 Å².